The van der Waals surface area contributed by atoms with E-state index in [0.29, 0.717) is 0 Å². The number of nitrogens with zero attached hydrogens (tertiary/aromatic N) is 6. The van der Waals surface area contributed by atoms with E-state index in [-0.39, 0.29) is 0 Å². The highest BCUT2D eigenvalue weighted by atomic mass is 15.1. The van der Waals surface area contributed by atoms with Gasteiger partial charge in [0.1, 0.15) is 11.4 Å². The van der Waals surface area contributed by atoms with Gasteiger partial charge in [-0.3, -0.25) is 9.13 Å². The van der Waals surface area contributed by atoms with Crippen molar-refractivity contribution in [2.24, 2.45) is 0 Å². The van der Waals surface area contributed by atoms with E-state index in [1.165, 1.54) is 0 Å². The molecule has 0 amide bonds. The highest BCUT2D eigenvalue weighted by Crippen LogP contribution is 2.42. The Kier molecular flexibility index (Phi) is 8.11. The van der Waals surface area contributed by atoms with E-state index in [0.717, 1.165) is 122 Å². The molecular formula is C58H36N6. The lowest BCUT2D eigenvalue weighted by Gasteiger charge is -2.15. The lowest BCUT2D eigenvalue weighted by Crippen LogP contribution is -2.04. The van der Waals surface area contributed by atoms with Crippen LogP contribution in [0.5, 0.6) is 0 Å². The molecule has 0 aliphatic heterocycles. The number of para-hydroxylation sites is 6. The number of hydrogen-bond acceptors (Lipinski definition) is 4. The van der Waals surface area contributed by atoms with Crippen LogP contribution in [0.15, 0.2) is 218 Å². The van der Waals surface area contributed by atoms with E-state index < -0.39 is 0 Å². The van der Waals surface area contributed by atoms with Crippen molar-refractivity contribution in [2.75, 3.05) is 0 Å². The SMILES string of the molecule is c1ccc(-c2cccc(-c3nc4ccccc4nc3-n3c4ccccc4c4cc5c(cc43)c3ccccc3n5-c3nc4ccccc4nc3-c3cccc(-c4ccccc4)c3)c2)cc1. The third-order valence-corrected chi connectivity index (χ3v) is 12.5. The summed E-state index contributed by atoms with van der Waals surface area (Å²) in [6, 6.07) is 76.6. The summed E-state index contributed by atoms with van der Waals surface area (Å²) in [4.78, 5) is 21.7. The topological polar surface area (TPSA) is 61.4 Å². The van der Waals surface area contributed by atoms with E-state index in [4.69, 9.17) is 19.9 Å². The van der Waals surface area contributed by atoms with Crippen molar-refractivity contribution in [3.63, 3.8) is 0 Å². The average Bonchev–Trinajstić information content (AvgIpc) is 3.87. The summed E-state index contributed by atoms with van der Waals surface area (Å²) in [5, 5.41) is 4.45. The van der Waals surface area contributed by atoms with E-state index >= 15 is 0 Å². The first kappa shape index (κ1) is 36.0. The molecule has 0 radical (unpaired) electrons. The molecule has 0 N–H and O–H groups in total. The second-order valence-electron chi connectivity index (χ2n) is 16.3. The average molecular weight is 817 g/mol. The molecule has 0 saturated carbocycles. The minimum absolute atomic E-state index is 0.777. The molecule has 0 spiro atoms. The van der Waals surface area contributed by atoms with Gasteiger partial charge in [-0.05, 0) is 82.9 Å². The summed E-state index contributed by atoms with van der Waals surface area (Å²) in [5.41, 5.74) is 15.7. The van der Waals surface area contributed by atoms with E-state index in [1.54, 1.807) is 0 Å². The van der Waals surface area contributed by atoms with Crippen LogP contribution in [0.3, 0.4) is 0 Å². The van der Waals surface area contributed by atoms with Crippen molar-refractivity contribution in [2.45, 2.75) is 0 Å². The van der Waals surface area contributed by atoms with Crippen molar-refractivity contribution in [3.05, 3.63) is 218 Å². The fourth-order valence-corrected chi connectivity index (χ4v) is 9.52. The lowest BCUT2D eigenvalue weighted by molar-refractivity contribution is 1.08. The predicted octanol–water partition coefficient (Wildman–Crippen LogP) is 14.4. The summed E-state index contributed by atoms with van der Waals surface area (Å²) < 4.78 is 4.63. The molecule has 6 nitrogen and oxygen atoms in total. The molecule has 298 valence electrons. The van der Waals surface area contributed by atoms with Crippen LogP contribution in [-0.2, 0) is 0 Å². The van der Waals surface area contributed by atoms with E-state index in [9.17, 15) is 0 Å². The van der Waals surface area contributed by atoms with Crippen LogP contribution >= 0.6 is 0 Å². The van der Waals surface area contributed by atoms with Gasteiger partial charge >= 0.3 is 0 Å². The van der Waals surface area contributed by atoms with Crippen LogP contribution in [0.4, 0.5) is 0 Å². The second-order valence-corrected chi connectivity index (χ2v) is 16.3. The number of rotatable bonds is 6. The van der Waals surface area contributed by atoms with Crippen molar-refractivity contribution in [1.82, 2.24) is 29.1 Å². The molecular weight excluding hydrogens is 781 g/mol. The van der Waals surface area contributed by atoms with Crippen molar-refractivity contribution >= 4 is 65.7 Å². The Bertz CT molecular complexity index is 3700. The van der Waals surface area contributed by atoms with Gasteiger partial charge in [0.2, 0.25) is 0 Å². The lowest BCUT2D eigenvalue weighted by atomic mass is 10.0. The van der Waals surface area contributed by atoms with Gasteiger partial charge in [-0.25, -0.2) is 19.9 Å². The van der Waals surface area contributed by atoms with Crippen molar-refractivity contribution < 1.29 is 0 Å². The zero-order chi connectivity index (χ0) is 42.1. The highest BCUT2D eigenvalue weighted by molar-refractivity contribution is 6.19. The number of fused-ring (bicyclic) bond motifs is 8. The van der Waals surface area contributed by atoms with Crippen LogP contribution < -0.4 is 0 Å². The molecule has 13 aromatic rings. The molecule has 0 aliphatic rings. The summed E-state index contributed by atoms with van der Waals surface area (Å²) in [6.07, 6.45) is 0. The molecule has 0 saturated heterocycles. The summed E-state index contributed by atoms with van der Waals surface area (Å²) in [7, 11) is 0. The molecule has 0 unspecified atom stereocenters. The Balaban J connectivity index is 1.10. The Morgan fingerprint density at radius 1 is 0.234 bits per heavy atom. The zero-order valence-electron chi connectivity index (χ0n) is 34.5. The molecule has 6 heteroatoms. The van der Waals surface area contributed by atoms with Gasteiger partial charge in [0, 0.05) is 32.7 Å². The number of hydrogen-bond donors (Lipinski definition) is 0. The Hall–Kier alpha value is -8.74. The van der Waals surface area contributed by atoms with Gasteiger partial charge in [-0.1, -0.05) is 158 Å². The van der Waals surface area contributed by atoms with Crippen LogP contribution in [-0.4, -0.2) is 29.1 Å². The van der Waals surface area contributed by atoms with E-state index in [2.05, 4.69) is 179 Å². The summed E-state index contributed by atoms with van der Waals surface area (Å²) >= 11 is 0. The highest BCUT2D eigenvalue weighted by Gasteiger charge is 2.24. The Morgan fingerprint density at radius 3 is 1.02 bits per heavy atom. The first-order valence-corrected chi connectivity index (χ1v) is 21.6. The minimum atomic E-state index is 0.777. The maximum atomic E-state index is 5.47. The summed E-state index contributed by atoms with van der Waals surface area (Å²) in [6.45, 7) is 0. The third-order valence-electron chi connectivity index (χ3n) is 12.5. The zero-order valence-corrected chi connectivity index (χ0v) is 34.5. The summed E-state index contributed by atoms with van der Waals surface area (Å²) in [5.74, 6) is 1.55. The van der Waals surface area contributed by atoms with Crippen molar-refractivity contribution in [1.29, 1.82) is 0 Å². The first-order chi connectivity index (χ1) is 31.7. The largest absolute Gasteiger partial charge is 0.292 e. The van der Waals surface area contributed by atoms with Gasteiger partial charge in [0.15, 0.2) is 11.6 Å². The van der Waals surface area contributed by atoms with Gasteiger partial charge in [-0.2, -0.15) is 0 Å². The quantitative estimate of drug-likeness (QED) is 0.168. The monoisotopic (exact) mass is 816 g/mol. The standard InChI is InChI=1S/C58H36N6/c1-3-17-37(18-4-1)39-21-15-23-41(33-39)55-57(61-49-29-11-9-27-47(49)59-55)63-51-31-13-7-25-43(51)45-36-54-46(35-53(45)63)44-26-8-14-32-52(44)64(54)58-56(60-48-28-10-12-30-50(48)62-58)42-24-16-22-40(34-42)38-19-5-2-6-20-38/h1-36H. The number of aromatic nitrogens is 6. The Morgan fingerprint density at radius 2 is 0.578 bits per heavy atom. The molecule has 4 aromatic heterocycles. The molecule has 13 rings (SSSR count). The predicted molar refractivity (Wildman–Crippen MR) is 263 cm³/mol. The Labute approximate surface area is 368 Å². The molecule has 64 heavy (non-hydrogen) atoms. The van der Waals surface area contributed by atoms with Crippen LogP contribution in [0.1, 0.15) is 0 Å². The van der Waals surface area contributed by atoms with Crippen LogP contribution in [0, 0.1) is 0 Å². The minimum Gasteiger partial charge on any atom is -0.292 e. The first-order valence-electron chi connectivity index (χ1n) is 21.6. The normalized spacial score (nSPS) is 11.8. The maximum absolute atomic E-state index is 5.47. The third kappa shape index (κ3) is 5.73. The van der Waals surface area contributed by atoms with Crippen LogP contribution in [0.25, 0.3) is 122 Å². The molecule has 0 bridgehead atoms. The van der Waals surface area contributed by atoms with E-state index in [1.807, 2.05) is 48.5 Å². The molecule has 4 heterocycles. The fourth-order valence-electron chi connectivity index (χ4n) is 9.52. The molecule has 0 atom stereocenters. The fraction of sp³-hybridized carbons (Fsp3) is 0. The van der Waals surface area contributed by atoms with Gasteiger partial charge in [0.05, 0.1) is 44.1 Å². The molecule has 0 aliphatic carbocycles. The second kappa shape index (κ2) is 14.4. The van der Waals surface area contributed by atoms with Gasteiger partial charge in [0.25, 0.3) is 0 Å². The van der Waals surface area contributed by atoms with Gasteiger partial charge < -0.3 is 0 Å². The van der Waals surface area contributed by atoms with Crippen molar-refractivity contribution in [3.8, 4) is 56.4 Å². The smallest absolute Gasteiger partial charge is 0.165 e. The molecule has 0 fully saturated rings. The molecule has 9 aromatic carbocycles. The maximum Gasteiger partial charge on any atom is 0.165 e. The van der Waals surface area contributed by atoms with Gasteiger partial charge in [-0.15, -0.1) is 0 Å². The van der Waals surface area contributed by atoms with Crippen LogP contribution in [0.2, 0.25) is 0 Å². The number of benzene rings is 9.